The highest BCUT2D eigenvalue weighted by molar-refractivity contribution is 6.31. The maximum Gasteiger partial charge on any atom is 0.260 e. The number of fused-ring (bicyclic) bond motifs is 1. The fraction of sp³-hybridized carbons (Fsp3) is 0.200. The molecule has 0 aliphatic heterocycles. The van der Waals surface area contributed by atoms with Crippen LogP contribution in [0.3, 0.4) is 0 Å². The molecule has 1 aromatic heterocycles. The van der Waals surface area contributed by atoms with Gasteiger partial charge in [-0.05, 0) is 25.1 Å². The van der Waals surface area contributed by atoms with Crippen molar-refractivity contribution in [2.75, 3.05) is 11.9 Å². The van der Waals surface area contributed by atoms with Crippen LogP contribution in [-0.4, -0.2) is 16.5 Å². The molecule has 0 spiro atoms. The van der Waals surface area contributed by atoms with Gasteiger partial charge in [-0.3, -0.25) is 9.78 Å². The van der Waals surface area contributed by atoms with Gasteiger partial charge in [0.15, 0.2) is 0 Å². The lowest BCUT2D eigenvalue weighted by Crippen LogP contribution is -2.12. The van der Waals surface area contributed by atoms with Crippen LogP contribution in [0.5, 0.6) is 0 Å². The second-order valence-electron chi connectivity index (χ2n) is 3.11. The third kappa shape index (κ3) is 1.94. The Hall–Kier alpha value is -1.55. The fourth-order valence-corrected chi connectivity index (χ4v) is 1.53. The van der Waals surface area contributed by atoms with Gasteiger partial charge in [-0.1, -0.05) is 11.6 Å². The van der Waals surface area contributed by atoms with Gasteiger partial charge in [-0.25, -0.2) is 4.98 Å². The molecule has 0 amide bonds. The molecule has 5 heteroatoms. The van der Waals surface area contributed by atoms with Crippen LogP contribution in [-0.2, 0) is 0 Å². The monoisotopic (exact) mass is 223 g/mol. The standard InChI is InChI=1S/C10H10ClN3O/c1-2-12-10-13-8-5-6(11)3-4-7(8)9(15)14-10/h3-5H,2H2,1H3,(H2,12,13,14,15). The zero-order valence-corrected chi connectivity index (χ0v) is 8.93. The van der Waals surface area contributed by atoms with Crippen LogP contribution in [0, 0.1) is 0 Å². The molecular weight excluding hydrogens is 214 g/mol. The molecule has 0 unspecified atom stereocenters. The smallest absolute Gasteiger partial charge is 0.260 e. The minimum Gasteiger partial charge on any atom is -0.356 e. The summed E-state index contributed by atoms with van der Waals surface area (Å²) in [7, 11) is 0. The minimum atomic E-state index is -0.160. The SMILES string of the molecule is CCNc1nc2cc(Cl)ccc2c(=O)[nH]1. The van der Waals surface area contributed by atoms with Crippen molar-refractivity contribution >= 4 is 28.5 Å². The average molecular weight is 224 g/mol. The Morgan fingerprint density at radius 1 is 1.53 bits per heavy atom. The lowest BCUT2D eigenvalue weighted by Gasteiger charge is -2.03. The van der Waals surface area contributed by atoms with Gasteiger partial charge in [0.2, 0.25) is 5.95 Å². The summed E-state index contributed by atoms with van der Waals surface area (Å²) in [5, 5.41) is 4.07. The third-order valence-corrected chi connectivity index (χ3v) is 2.25. The molecule has 1 aromatic carbocycles. The molecule has 0 atom stereocenters. The van der Waals surface area contributed by atoms with E-state index in [2.05, 4.69) is 15.3 Å². The maximum atomic E-state index is 11.6. The number of H-pyrrole nitrogens is 1. The molecular formula is C10H10ClN3O. The van der Waals surface area contributed by atoms with E-state index in [4.69, 9.17) is 11.6 Å². The first kappa shape index (κ1) is 9.98. The molecule has 1 heterocycles. The lowest BCUT2D eigenvalue weighted by molar-refractivity contribution is 1.09. The Morgan fingerprint density at radius 2 is 2.33 bits per heavy atom. The first-order chi connectivity index (χ1) is 7.20. The number of aromatic amines is 1. The molecule has 2 N–H and O–H groups in total. The molecule has 2 aromatic rings. The quantitative estimate of drug-likeness (QED) is 0.819. The third-order valence-electron chi connectivity index (χ3n) is 2.01. The van der Waals surface area contributed by atoms with Crippen molar-refractivity contribution in [2.45, 2.75) is 6.92 Å². The van der Waals surface area contributed by atoms with E-state index >= 15 is 0 Å². The lowest BCUT2D eigenvalue weighted by atomic mass is 10.2. The van der Waals surface area contributed by atoms with Gasteiger partial charge in [0.05, 0.1) is 10.9 Å². The summed E-state index contributed by atoms with van der Waals surface area (Å²) in [6.07, 6.45) is 0. The van der Waals surface area contributed by atoms with E-state index < -0.39 is 0 Å². The molecule has 0 radical (unpaired) electrons. The molecule has 0 bridgehead atoms. The summed E-state index contributed by atoms with van der Waals surface area (Å²) in [5.74, 6) is 0.470. The molecule has 0 aliphatic rings. The van der Waals surface area contributed by atoms with Crippen LogP contribution in [0.2, 0.25) is 5.02 Å². The van der Waals surface area contributed by atoms with Gasteiger partial charge >= 0.3 is 0 Å². The van der Waals surface area contributed by atoms with Gasteiger partial charge in [-0.15, -0.1) is 0 Å². The van der Waals surface area contributed by atoms with Crippen LogP contribution in [0.15, 0.2) is 23.0 Å². The number of hydrogen-bond acceptors (Lipinski definition) is 3. The van der Waals surface area contributed by atoms with Gasteiger partial charge in [0.1, 0.15) is 0 Å². The zero-order valence-electron chi connectivity index (χ0n) is 8.17. The van der Waals surface area contributed by atoms with Gasteiger partial charge in [-0.2, -0.15) is 0 Å². The predicted octanol–water partition coefficient (Wildman–Crippen LogP) is 2.01. The molecule has 0 fully saturated rings. The number of anilines is 1. The van der Waals surface area contributed by atoms with Crippen molar-refractivity contribution in [2.24, 2.45) is 0 Å². The van der Waals surface area contributed by atoms with E-state index in [1.807, 2.05) is 6.92 Å². The first-order valence-corrected chi connectivity index (χ1v) is 5.02. The summed E-state index contributed by atoms with van der Waals surface area (Å²) in [4.78, 5) is 18.5. The van der Waals surface area contributed by atoms with Gasteiger partial charge in [0, 0.05) is 11.6 Å². The average Bonchev–Trinajstić information content (AvgIpc) is 2.17. The number of benzene rings is 1. The molecule has 0 aliphatic carbocycles. The van der Waals surface area contributed by atoms with Crippen LogP contribution in [0.1, 0.15) is 6.92 Å². The first-order valence-electron chi connectivity index (χ1n) is 4.64. The highest BCUT2D eigenvalue weighted by atomic mass is 35.5. The number of halogens is 1. The van der Waals surface area contributed by atoms with Crippen molar-refractivity contribution in [3.05, 3.63) is 33.6 Å². The van der Waals surface area contributed by atoms with E-state index in [9.17, 15) is 4.79 Å². The number of rotatable bonds is 2. The van der Waals surface area contributed by atoms with Crippen molar-refractivity contribution in [1.82, 2.24) is 9.97 Å². The second-order valence-corrected chi connectivity index (χ2v) is 3.54. The molecule has 78 valence electrons. The molecule has 2 rings (SSSR count). The molecule has 15 heavy (non-hydrogen) atoms. The number of hydrogen-bond donors (Lipinski definition) is 2. The van der Waals surface area contributed by atoms with E-state index in [1.54, 1.807) is 18.2 Å². The van der Waals surface area contributed by atoms with Crippen molar-refractivity contribution in [1.29, 1.82) is 0 Å². The summed E-state index contributed by atoms with van der Waals surface area (Å²) < 4.78 is 0. The number of aromatic nitrogens is 2. The summed E-state index contributed by atoms with van der Waals surface area (Å²) in [6.45, 7) is 2.64. The Labute approximate surface area is 91.3 Å². The van der Waals surface area contributed by atoms with Crippen molar-refractivity contribution < 1.29 is 0 Å². The van der Waals surface area contributed by atoms with Crippen LogP contribution >= 0.6 is 11.6 Å². The fourth-order valence-electron chi connectivity index (χ4n) is 1.36. The van der Waals surface area contributed by atoms with Crippen molar-refractivity contribution in [3.63, 3.8) is 0 Å². The van der Waals surface area contributed by atoms with Crippen LogP contribution in [0.25, 0.3) is 10.9 Å². The maximum absolute atomic E-state index is 11.6. The van der Waals surface area contributed by atoms with E-state index in [0.29, 0.717) is 28.4 Å². The largest absolute Gasteiger partial charge is 0.356 e. The number of nitrogens with one attached hydrogen (secondary N) is 2. The van der Waals surface area contributed by atoms with Gasteiger partial charge < -0.3 is 5.32 Å². The zero-order chi connectivity index (χ0) is 10.8. The molecule has 0 saturated carbocycles. The summed E-state index contributed by atoms with van der Waals surface area (Å²) in [5.41, 5.74) is 0.440. The van der Waals surface area contributed by atoms with E-state index in [0.717, 1.165) is 0 Å². The predicted molar refractivity (Wildman–Crippen MR) is 61.5 cm³/mol. The molecule has 0 saturated heterocycles. The Morgan fingerprint density at radius 3 is 3.07 bits per heavy atom. The Balaban J connectivity index is 2.68. The van der Waals surface area contributed by atoms with Crippen LogP contribution in [0.4, 0.5) is 5.95 Å². The minimum absolute atomic E-state index is 0.160. The normalized spacial score (nSPS) is 10.5. The molecule has 4 nitrogen and oxygen atoms in total. The Kier molecular flexibility index (Phi) is 2.60. The topological polar surface area (TPSA) is 57.8 Å². The summed E-state index contributed by atoms with van der Waals surface area (Å²) in [6, 6.07) is 5.01. The Bertz CT molecular complexity index is 550. The van der Waals surface area contributed by atoms with Crippen LogP contribution < -0.4 is 10.9 Å². The van der Waals surface area contributed by atoms with E-state index in [1.165, 1.54) is 0 Å². The second kappa shape index (κ2) is 3.90. The number of nitrogens with zero attached hydrogens (tertiary/aromatic N) is 1. The summed E-state index contributed by atoms with van der Waals surface area (Å²) >= 11 is 5.83. The highest BCUT2D eigenvalue weighted by Crippen LogP contribution is 2.15. The van der Waals surface area contributed by atoms with Gasteiger partial charge in [0.25, 0.3) is 5.56 Å². The highest BCUT2D eigenvalue weighted by Gasteiger charge is 2.03. The van der Waals surface area contributed by atoms with E-state index in [-0.39, 0.29) is 5.56 Å². The van der Waals surface area contributed by atoms with Crippen molar-refractivity contribution in [3.8, 4) is 0 Å².